The van der Waals surface area contributed by atoms with Crippen LogP contribution in [0.2, 0.25) is 5.02 Å². The van der Waals surface area contributed by atoms with Crippen LogP contribution < -0.4 is 15.4 Å². The van der Waals surface area contributed by atoms with Gasteiger partial charge < -0.3 is 15.4 Å². The van der Waals surface area contributed by atoms with Gasteiger partial charge in [-0.05, 0) is 74.2 Å². The fourth-order valence-electron chi connectivity index (χ4n) is 4.21. The van der Waals surface area contributed by atoms with E-state index in [4.69, 9.17) is 16.3 Å². The summed E-state index contributed by atoms with van der Waals surface area (Å²) in [7, 11) is 0. The highest BCUT2D eigenvalue weighted by molar-refractivity contribution is 7.09. The maximum atomic E-state index is 12.9. The SMILES string of the molecule is Cc1cc(C)cc(OCc2nc(C(=O)N[C@@H]3CCCC[C@H]3NC(=O)c3ccc(Cl)cc3)cs2)c1. The Morgan fingerprint density at radius 2 is 1.62 bits per heavy atom. The molecule has 0 radical (unpaired) electrons. The van der Waals surface area contributed by atoms with Crippen molar-refractivity contribution in [3.05, 3.63) is 80.3 Å². The number of hydrogen-bond donors (Lipinski definition) is 2. The molecule has 0 unspecified atom stereocenters. The van der Waals surface area contributed by atoms with E-state index in [0.717, 1.165) is 47.6 Å². The van der Waals surface area contributed by atoms with Crippen LogP contribution in [-0.2, 0) is 6.61 Å². The predicted octanol–water partition coefficient (Wildman–Crippen LogP) is 5.46. The van der Waals surface area contributed by atoms with E-state index in [9.17, 15) is 9.59 Å². The number of hydrogen-bond acceptors (Lipinski definition) is 5. The van der Waals surface area contributed by atoms with Crippen molar-refractivity contribution in [2.24, 2.45) is 0 Å². The molecule has 1 aromatic heterocycles. The van der Waals surface area contributed by atoms with Gasteiger partial charge in [-0.15, -0.1) is 11.3 Å². The third-order valence-electron chi connectivity index (χ3n) is 5.85. The minimum atomic E-state index is -0.230. The van der Waals surface area contributed by atoms with Gasteiger partial charge in [-0.2, -0.15) is 0 Å². The molecule has 1 heterocycles. The molecule has 0 saturated heterocycles. The Morgan fingerprint density at radius 3 is 2.26 bits per heavy atom. The maximum Gasteiger partial charge on any atom is 0.271 e. The summed E-state index contributed by atoms with van der Waals surface area (Å²) in [6, 6.07) is 12.6. The molecule has 1 aliphatic rings. The topological polar surface area (TPSA) is 80.3 Å². The Labute approximate surface area is 208 Å². The van der Waals surface area contributed by atoms with Crippen molar-refractivity contribution in [1.29, 1.82) is 0 Å². The summed E-state index contributed by atoms with van der Waals surface area (Å²) in [4.78, 5) is 30.0. The molecule has 2 N–H and O–H groups in total. The first kappa shape index (κ1) is 24.2. The van der Waals surface area contributed by atoms with Gasteiger partial charge in [0.25, 0.3) is 11.8 Å². The molecule has 2 aromatic carbocycles. The number of carbonyl (C=O) groups excluding carboxylic acids is 2. The second kappa shape index (κ2) is 11.0. The average Bonchev–Trinajstić information content (AvgIpc) is 3.28. The molecule has 6 nitrogen and oxygen atoms in total. The molecule has 34 heavy (non-hydrogen) atoms. The Hall–Kier alpha value is -2.90. The fraction of sp³-hybridized carbons (Fsp3) is 0.346. The molecule has 1 saturated carbocycles. The van der Waals surface area contributed by atoms with Gasteiger partial charge in [-0.3, -0.25) is 9.59 Å². The Kier molecular flexibility index (Phi) is 7.85. The van der Waals surface area contributed by atoms with Crippen molar-refractivity contribution >= 4 is 34.8 Å². The molecule has 3 aromatic rings. The molecule has 0 bridgehead atoms. The lowest BCUT2D eigenvalue weighted by atomic mass is 9.90. The monoisotopic (exact) mass is 497 g/mol. The lowest BCUT2D eigenvalue weighted by Gasteiger charge is -2.32. The molecule has 8 heteroatoms. The van der Waals surface area contributed by atoms with E-state index in [1.54, 1.807) is 29.6 Å². The zero-order valence-corrected chi connectivity index (χ0v) is 20.8. The fourth-order valence-corrected chi connectivity index (χ4v) is 5.03. The number of rotatable bonds is 7. The first-order valence-corrected chi connectivity index (χ1v) is 12.7. The van der Waals surface area contributed by atoms with Crippen LogP contribution in [0.1, 0.15) is 62.7 Å². The van der Waals surface area contributed by atoms with Gasteiger partial charge in [0.2, 0.25) is 0 Å². The molecular formula is C26H28ClN3O3S. The predicted molar refractivity (Wildman–Crippen MR) is 135 cm³/mol. The van der Waals surface area contributed by atoms with Crippen LogP contribution >= 0.6 is 22.9 Å². The quantitative estimate of drug-likeness (QED) is 0.454. The number of nitrogens with one attached hydrogen (secondary N) is 2. The number of carbonyl (C=O) groups is 2. The number of aryl methyl sites for hydroxylation is 2. The molecule has 0 spiro atoms. The minimum Gasteiger partial charge on any atom is -0.486 e. The van der Waals surface area contributed by atoms with Gasteiger partial charge in [0, 0.05) is 28.0 Å². The molecule has 4 rings (SSSR count). The van der Waals surface area contributed by atoms with E-state index >= 15 is 0 Å². The summed E-state index contributed by atoms with van der Waals surface area (Å²) < 4.78 is 5.87. The Morgan fingerprint density at radius 1 is 1.00 bits per heavy atom. The molecule has 2 amide bonds. The van der Waals surface area contributed by atoms with Crippen molar-refractivity contribution in [2.75, 3.05) is 0 Å². The summed E-state index contributed by atoms with van der Waals surface area (Å²) in [6.45, 7) is 4.37. The number of amides is 2. The highest BCUT2D eigenvalue weighted by Crippen LogP contribution is 2.22. The standard InChI is InChI=1S/C26H28ClN3O3S/c1-16-11-17(2)13-20(12-16)33-14-24-28-23(15-34-24)26(32)30-22-6-4-3-5-21(22)29-25(31)18-7-9-19(27)10-8-18/h7-13,15,21-22H,3-6,14H2,1-2H3,(H,29,31)(H,30,32)/t21-,22-/m1/s1. The number of nitrogens with zero attached hydrogens (tertiary/aromatic N) is 1. The van der Waals surface area contributed by atoms with Crippen LogP contribution in [0, 0.1) is 13.8 Å². The summed E-state index contributed by atoms with van der Waals surface area (Å²) >= 11 is 7.32. The van der Waals surface area contributed by atoms with E-state index in [1.165, 1.54) is 11.3 Å². The van der Waals surface area contributed by atoms with Gasteiger partial charge in [0.15, 0.2) is 0 Å². The van der Waals surface area contributed by atoms with E-state index in [2.05, 4.69) is 21.7 Å². The molecular weight excluding hydrogens is 470 g/mol. The maximum absolute atomic E-state index is 12.9. The molecule has 2 atom stereocenters. The summed E-state index contributed by atoms with van der Waals surface area (Å²) in [5, 5.41) is 9.23. The number of thiazole rings is 1. The Bertz CT molecular complexity index is 1140. The summed E-state index contributed by atoms with van der Waals surface area (Å²) in [5.74, 6) is 0.397. The van der Waals surface area contributed by atoms with E-state index in [1.807, 2.05) is 26.0 Å². The average molecular weight is 498 g/mol. The van der Waals surface area contributed by atoms with Crippen LogP contribution in [0.15, 0.2) is 47.8 Å². The minimum absolute atomic E-state index is 0.133. The van der Waals surface area contributed by atoms with Crippen molar-refractivity contribution < 1.29 is 14.3 Å². The molecule has 1 fully saturated rings. The second-order valence-corrected chi connectivity index (χ2v) is 10.1. The lowest BCUT2D eigenvalue weighted by molar-refractivity contribution is 0.0860. The number of halogens is 1. The zero-order chi connectivity index (χ0) is 24.1. The smallest absolute Gasteiger partial charge is 0.271 e. The van der Waals surface area contributed by atoms with Crippen LogP contribution in [0.25, 0.3) is 0 Å². The summed E-state index contributed by atoms with van der Waals surface area (Å²) in [5.41, 5.74) is 3.20. The lowest BCUT2D eigenvalue weighted by Crippen LogP contribution is -2.53. The van der Waals surface area contributed by atoms with Gasteiger partial charge in [-0.25, -0.2) is 4.98 Å². The third kappa shape index (κ3) is 6.36. The molecule has 178 valence electrons. The number of aromatic nitrogens is 1. The Balaban J connectivity index is 1.34. The van der Waals surface area contributed by atoms with Crippen LogP contribution in [0.3, 0.4) is 0 Å². The van der Waals surface area contributed by atoms with Gasteiger partial charge in [-0.1, -0.05) is 30.5 Å². The number of ether oxygens (including phenoxy) is 1. The zero-order valence-electron chi connectivity index (χ0n) is 19.3. The van der Waals surface area contributed by atoms with E-state index < -0.39 is 0 Å². The highest BCUT2D eigenvalue weighted by atomic mass is 35.5. The first-order valence-electron chi connectivity index (χ1n) is 11.4. The summed E-state index contributed by atoms with van der Waals surface area (Å²) in [6.07, 6.45) is 3.64. The van der Waals surface area contributed by atoms with Crippen LogP contribution in [0.4, 0.5) is 0 Å². The van der Waals surface area contributed by atoms with Crippen LogP contribution in [-0.4, -0.2) is 28.9 Å². The normalized spacial score (nSPS) is 17.7. The highest BCUT2D eigenvalue weighted by Gasteiger charge is 2.29. The van der Waals surface area contributed by atoms with Crippen molar-refractivity contribution in [3.63, 3.8) is 0 Å². The van der Waals surface area contributed by atoms with Crippen molar-refractivity contribution in [2.45, 2.75) is 58.2 Å². The first-order chi connectivity index (χ1) is 16.4. The van der Waals surface area contributed by atoms with Gasteiger partial charge in [0.1, 0.15) is 23.1 Å². The largest absolute Gasteiger partial charge is 0.486 e. The van der Waals surface area contributed by atoms with Gasteiger partial charge >= 0.3 is 0 Å². The van der Waals surface area contributed by atoms with Crippen molar-refractivity contribution in [3.8, 4) is 5.75 Å². The molecule has 0 aliphatic heterocycles. The van der Waals surface area contributed by atoms with Gasteiger partial charge in [0.05, 0.1) is 0 Å². The van der Waals surface area contributed by atoms with E-state index in [0.29, 0.717) is 22.9 Å². The van der Waals surface area contributed by atoms with Crippen LogP contribution in [0.5, 0.6) is 5.75 Å². The molecule has 1 aliphatic carbocycles. The van der Waals surface area contributed by atoms with E-state index in [-0.39, 0.29) is 23.9 Å². The second-order valence-electron chi connectivity index (χ2n) is 8.69. The number of benzene rings is 2. The third-order valence-corrected chi connectivity index (χ3v) is 6.92. The van der Waals surface area contributed by atoms with Crippen molar-refractivity contribution in [1.82, 2.24) is 15.6 Å².